The molecular formula is C21H35N5O3S. The number of hydrogen-bond donors (Lipinski definition) is 2. The fourth-order valence-corrected chi connectivity index (χ4v) is 4.74. The minimum absolute atomic E-state index is 0.0175. The third-order valence-corrected chi connectivity index (χ3v) is 6.42. The number of likely N-dealkylation sites (tertiary alicyclic amines) is 1. The van der Waals surface area contributed by atoms with Gasteiger partial charge in [0.15, 0.2) is 5.13 Å². The zero-order valence-electron chi connectivity index (χ0n) is 18.4. The third-order valence-electron chi connectivity index (χ3n) is 5.55. The van der Waals surface area contributed by atoms with E-state index in [9.17, 15) is 9.59 Å². The molecule has 2 aliphatic heterocycles. The summed E-state index contributed by atoms with van der Waals surface area (Å²) in [6.45, 7) is 12.4. The van der Waals surface area contributed by atoms with Crippen LogP contribution in [-0.2, 0) is 14.3 Å². The lowest BCUT2D eigenvalue weighted by Crippen LogP contribution is -2.50. The molecule has 0 aliphatic carbocycles. The lowest BCUT2D eigenvalue weighted by molar-refractivity contribution is -0.124. The Hall–Kier alpha value is -1.55. The van der Waals surface area contributed by atoms with Crippen LogP contribution in [0.4, 0.5) is 5.13 Å². The van der Waals surface area contributed by atoms with Crippen LogP contribution in [0.2, 0.25) is 0 Å². The number of aromatic nitrogens is 1. The summed E-state index contributed by atoms with van der Waals surface area (Å²) in [5, 5.41) is 8.53. The van der Waals surface area contributed by atoms with E-state index in [1.54, 1.807) is 0 Å². The largest absolute Gasteiger partial charge is 0.374 e. The molecule has 1 unspecified atom stereocenters. The Morgan fingerprint density at radius 1 is 1.27 bits per heavy atom. The first-order valence-electron chi connectivity index (χ1n) is 10.9. The number of aryl methyl sites for hydroxylation is 1. The molecule has 1 atom stereocenters. The number of nitrogens with one attached hydrogen (secondary N) is 2. The maximum absolute atomic E-state index is 12.4. The molecule has 2 saturated heterocycles. The monoisotopic (exact) mass is 437 g/mol. The van der Waals surface area contributed by atoms with Crippen molar-refractivity contribution in [1.29, 1.82) is 0 Å². The average Bonchev–Trinajstić information content (AvgIpc) is 3.11. The van der Waals surface area contributed by atoms with Gasteiger partial charge in [-0.2, -0.15) is 0 Å². The van der Waals surface area contributed by atoms with Crippen molar-refractivity contribution < 1.29 is 14.3 Å². The summed E-state index contributed by atoms with van der Waals surface area (Å²) in [7, 11) is 0. The van der Waals surface area contributed by atoms with Crippen molar-refractivity contribution in [2.75, 3.05) is 57.7 Å². The number of carbonyl (C=O) groups excluding carboxylic acids is 2. The Kier molecular flexibility index (Phi) is 8.61. The minimum atomic E-state index is -0.0175. The quantitative estimate of drug-likeness (QED) is 0.642. The van der Waals surface area contributed by atoms with E-state index >= 15 is 0 Å². The van der Waals surface area contributed by atoms with Crippen molar-refractivity contribution >= 4 is 28.3 Å². The molecule has 3 rings (SSSR count). The zero-order valence-corrected chi connectivity index (χ0v) is 19.2. The summed E-state index contributed by atoms with van der Waals surface area (Å²) in [6.07, 6.45) is 1.59. The van der Waals surface area contributed by atoms with Gasteiger partial charge < -0.3 is 15.4 Å². The normalized spacial score (nSPS) is 21.7. The number of morpholine rings is 1. The number of nitrogens with zero attached hydrogens (tertiary/aromatic N) is 3. The standard InChI is InChI=1S/C21H35N5O3S/c1-15(2)11-26-8-9-29-18(12-26)10-22-19(27)13-25-6-4-17(5-7-25)20(28)24-21-23-16(3)14-30-21/h14-15,17-18H,4-13H2,1-3H3,(H,22,27)(H,23,24,28). The highest BCUT2D eigenvalue weighted by Gasteiger charge is 2.27. The molecule has 9 heteroatoms. The van der Waals surface area contributed by atoms with Crippen LogP contribution in [-0.4, -0.2) is 85.1 Å². The number of amides is 2. The van der Waals surface area contributed by atoms with Gasteiger partial charge in [-0.15, -0.1) is 11.3 Å². The van der Waals surface area contributed by atoms with Gasteiger partial charge in [-0.3, -0.25) is 19.4 Å². The number of rotatable bonds is 8. The maximum Gasteiger partial charge on any atom is 0.234 e. The number of hydrogen-bond acceptors (Lipinski definition) is 7. The molecule has 0 aromatic carbocycles. The number of piperidine rings is 1. The lowest BCUT2D eigenvalue weighted by Gasteiger charge is -2.34. The van der Waals surface area contributed by atoms with E-state index in [0.29, 0.717) is 24.1 Å². The van der Waals surface area contributed by atoms with Gasteiger partial charge in [0.25, 0.3) is 0 Å². The van der Waals surface area contributed by atoms with Gasteiger partial charge >= 0.3 is 0 Å². The highest BCUT2D eigenvalue weighted by molar-refractivity contribution is 7.13. The van der Waals surface area contributed by atoms with E-state index in [0.717, 1.165) is 57.9 Å². The van der Waals surface area contributed by atoms with Gasteiger partial charge in [0.2, 0.25) is 11.8 Å². The number of ether oxygens (including phenoxy) is 1. The van der Waals surface area contributed by atoms with Crippen molar-refractivity contribution in [2.45, 2.75) is 39.7 Å². The van der Waals surface area contributed by atoms with Crippen molar-refractivity contribution in [1.82, 2.24) is 20.1 Å². The molecule has 0 saturated carbocycles. The summed E-state index contributed by atoms with van der Waals surface area (Å²) in [5.41, 5.74) is 0.919. The molecule has 2 N–H and O–H groups in total. The summed E-state index contributed by atoms with van der Waals surface area (Å²) >= 11 is 1.45. The van der Waals surface area contributed by atoms with Crippen LogP contribution >= 0.6 is 11.3 Å². The molecule has 30 heavy (non-hydrogen) atoms. The van der Waals surface area contributed by atoms with Gasteiger partial charge in [0.1, 0.15) is 0 Å². The third kappa shape index (κ3) is 7.30. The van der Waals surface area contributed by atoms with Crippen molar-refractivity contribution in [3.05, 3.63) is 11.1 Å². The second kappa shape index (κ2) is 11.2. The predicted molar refractivity (Wildman–Crippen MR) is 119 cm³/mol. The SMILES string of the molecule is Cc1csc(NC(=O)C2CCN(CC(=O)NCC3CN(CC(C)C)CCO3)CC2)n1. The molecule has 8 nitrogen and oxygen atoms in total. The highest BCUT2D eigenvalue weighted by Crippen LogP contribution is 2.21. The number of anilines is 1. The summed E-state index contributed by atoms with van der Waals surface area (Å²) in [6, 6.07) is 0. The smallest absolute Gasteiger partial charge is 0.234 e. The second-order valence-electron chi connectivity index (χ2n) is 8.78. The minimum Gasteiger partial charge on any atom is -0.374 e. The average molecular weight is 438 g/mol. The first-order chi connectivity index (χ1) is 14.4. The molecule has 1 aromatic rings. The fraction of sp³-hybridized carbons (Fsp3) is 0.762. The molecule has 0 spiro atoms. The van der Waals surface area contributed by atoms with Crippen molar-refractivity contribution in [2.24, 2.45) is 11.8 Å². The van der Waals surface area contributed by atoms with Gasteiger partial charge in [0, 0.05) is 37.5 Å². The molecule has 0 bridgehead atoms. The Bertz CT molecular complexity index is 703. The van der Waals surface area contributed by atoms with Gasteiger partial charge in [-0.1, -0.05) is 13.8 Å². The maximum atomic E-state index is 12.4. The molecule has 0 radical (unpaired) electrons. The van der Waals surface area contributed by atoms with Crippen LogP contribution in [0.3, 0.4) is 0 Å². The van der Waals surface area contributed by atoms with Gasteiger partial charge in [0.05, 0.1) is 24.9 Å². The number of carbonyl (C=O) groups is 2. The molecular weight excluding hydrogens is 402 g/mol. The Balaban J connectivity index is 1.32. The Morgan fingerprint density at radius 3 is 2.70 bits per heavy atom. The van der Waals surface area contributed by atoms with Gasteiger partial charge in [-0.05, 0) is 38.8 Å². The Morgan fingerprint density at radius 2 is 2.03 bits per heavy atom. The molecule has 1 aromatic heterocycles. The fourth-order valence-electron chi connectivity index (χ4n) is 4.04. The van der Waals surface area contributed by atoms with Crippen LogP contribution in [0, 0.1) is 18.8 Å². The second-order valence-corrected chi connectivity index (χ2v) is 9.64. The van der Waals surface area contributed by atoms with E-state index in [4.69, 9.17) is 4.74 Å². The van der Waals surface area contributed by atoms with Crippen molar-refractivity contribution in [3.63, 3.8) is 0 Å². The van der Waals surface area contributed by atoms with E-state index in [-0.39, 0.29) is 23.8 Å². The topological polar surface area (TPSA) is 86.8 Å². The van der Waals surface area contributed by atoms with Crippen LogP contribution in [0.25, 0.3) is 0 Å². The van der Waals surface area contributed by atoms with Crippen LogP contribution in [0.15, 0.2) is 5.38 Å². The number of thiazole rings is 1. The molecule has 2 fully saturated rings. The molecule has 2 amide bonds. The molecule has 168 valence electrons. The van der Waals surface area contributed by atoms with E-state index in [1.807, 2.05) is 12.3 Å². The zero-order chi connectivity index (χ0) is 21.5. The summed E-state index contributed by atoms with van der Waals surface area (Å²) in [4.78, 5) is 33.6. The van der Waals surface area contributed by atoms with Crippen LogP contribution < -0.4 is 10.6 Å². The van der Waals surface area contributed by atoms with E-state index < -0.39 is 0 Å². The lowest BCUT2D eigenvalue weighted by atomic mass is 9.96. The Labute approximate surface area is 183 Å². The predicted octanol–water partition coefficient (Wildman–Crippen LogP) is 1.58. The molecule has 2 aliphatic rings. The summed E-state index contributed by atoms with van der Waals surface area (Å²) in [5.74, 6) is 0.680. The van der Waals surface area contributed by atoms with Crippen LogP contribution in [0.1, 0.15) is 32.4 Å². The first-order valence-corrected chi connectivity index (χ1v) is 11.8. The van der Waals surface area contributed by atoms with Gasteiger partial charge in [-0.25, -0.2) is 4.98 Å². The van der Waals surface area contributed by atoms with E-state index in [2.05, 4.69) is 39.3 Å². The summed E-state index contributed by atoms with van der Waals surface area (Å²) < 4.78 is 5.80. The first kappa shape index (κ1) is 23.1. The van der Waals surface area contributed by atoms with E-state index in [1.165, 1.54) is 11.3 Å². The molecule has 3 heterocycles. The van der Waals surface area contributed by atoms with Crippen LogP contribution in [0.5, 0.6) is 0 Å². The van der Waals surface area contributed by atoms with Crippen molar-refractivity contribution in [3.8, 4) is 0 Å². The highest BCUT2D eigenvalue weighted by atomic mass is 32.1.